The predicted octanol–water partition coefficient (Wildman–Crippen LogP) is 1.77. The van der Waals surface area contributed by atoms with Crippen LogP contribution in [-0.2, 0) is 11.3 Å². The van der Waals surface area contributed by atoms with Gasteiger partial charge in [-0.25, -0.2) is 4.79 Å². The zero-order valence-electron chi connectivity index (χ0n) is 8.64. The molecule has 4 nitrogen and oxygen atoms in total. The molecule has 1 aliphatic carbocycles. The van der Waals surface area contributed by atoms with Crippen molar-refractivity contribution in [3.63, 3.8) is 0 Å². The van der Waals surface area contributed by atoms with Gasteiger partial charge in [-0.3, -0.25) is 4.79 Å². The predicted molar refractivity (Wildman–Crippen MR) is 57.1 cm³/mol. The van der Waals surface area contributed by atoms with Crippen molar-refractivity contribution >= 4 is 17.7 Å². The van der Waals surface area contributed by atoms with Crippen LogP contribution in [0.4, 0.5) is 5.69 Å². The van der Waals surface area contributed by atoms with Crippen molar-refractivity contribution in [1.29, 1.82) is 0 Å². The number of carbonyl (C=O) groups excluding carboxylic acids is 2. The third-order valence-corrected chi connectivity index (χ3v) is 3.08. The van der Waals surface area contributed by atoms with E-state index in [4.69, 9.17) is 0 Å². The Morgan fingerprint density at radius 2 is 2.19 bits per heavy atom. The maximum absolute atomic E-state index is 12.0. The first kappa shape index (κ1) is 9.31. The van der Waals surface area contributed by atoms with Crippen molar-refractivity contribution in [2.75, 3.05) is 0 Å². The Morgan fingerprint density at radius 3 is 2.88 bits per heavy atom. The van der Waals surface area contributed by atoms with Crippen LogP contribution in [0.25, 0.3) is 0 Å². The molecule has 0 bridgehead atoms. The molecule has 1 saturated carbocycles. The van der Waals surface area contributed by atoms with Gasteiger partial charge in [0.05, 0.1) is 5.69 Å². The van der Waals surface area contributed by atoms with Gasteiger partial charge < -0.3 is 4.90 Å². The van der Waals surface area contributed by atoms with E-state index in [1.807, 2.05) is 4.90 Å². The Balaban J connectivity index is 1.98. The van der Waals surface area contributed by atoms with Crippen molar-refractivity contribution in [2.45, 2.75) is 25.4 Å². The number of rotatable bonds is 2. The molecule has 0 atom stereocenters. The standard InChI is InChI=1S/C12H10N2O2/c15-7-13-9-1-4-11-8(5-9)6-14(12(11)16)10-2-3-10/h1,4-5,10H,2-3,6H2. The molecule has 0 N–H and O–H groups in total. The number of carbonyl (C=O) groups is 1. The topological polar surface area (TPSA) is 49.7 Å². The van der Waals surface area contributed by atoms with Crippen molar-refractivity contribution in [2.24, 2.45) is 4.99 Å². The molecule has 16 heavy (non-hydrogen) atoms. The van der Waals surface area contributed by atoms with E-state index < -0.39 is 0 Å². The summed E-state index contributed by atoms with van der Waals surface area (Å²) in [6.45, 7) is 0.654. The summed E-state index contributed by atoms with van der Waals surface area (Å²) < 4.78 is 0. The second-order valence-electron chi connectivity index (χ2n) is 4.21. The van der Waals surface area contributed by atoms with Crippen LogP contribution in [0.1, 0.15) is 28.8 Å². The Labute approximate surface area is 92.6 Å². The van der Waals surface area contributed by atoms with Crippen molar-refractivity contribution in [3.8, 4) is 0 Å². The highest BCUT2D eigenvalue weighted by Gasteiger charge is 2.38. The summed E-state index contributed by atoms with van der Waals surface area (Å²) >= 11 is 0. The van der Waals surface area contributed by atoms with E-state index in [9.17, 15) is 9.59 Å². The van der Waals surface area contributed by atoms with Crippen molar-refractivity contribution < 1.29 is 9.59 Å². The molecule has 1 heterocycles. The average Bonchev–Trinajstić information content (AvgIpc) is 3.06. The molecule has 0 aromatic heterocycles. The molecule has 1 aromatic rings. The minimum atomic E-state index is 0.110. The molecule has 1 aromatic carbocycles. The third-order valence-electron chi connectivity index (χ3n) is 3.08. The fourth-order valence-corrected chi connectivity index (χ4v) is 2.13. The SMILES string of the molecule is O=C=Nc1ccc2c(c1)CN(C1CC1)C2=O. The highest BCUT2D eigenvalue weighted by atomic mass is 16.2. The zero-order chi connectivity index (χ0) is 11.1. The van der Waals surface area contributed by atoms with Crippen LogP contribution in [0.2, 0.25) is 0 Å². The summed E-state index contributed by atoms with van der Waals surface area (Å²) in [7, 11) is 0. The zero-order valence-corrected chi connectivity index (χ0v) is 8.64. The first-order chi connectivity index (χ1) is 7.79. The van der Waals surface area contributed by atoms with E-state index in [-0.39, 0.29) is 5.91 Å². The quantitative estimate of drug-likeness (QED) is 0.556. The number of hydrogen-bond acceptors (Lipinski definition) is 3. The lowest BCUT2D eigenvalue weighted by molar-refractivity contribution is 0.0766. The molecule has 0 unspecified atom stereocenters. The lowest BCUT2D eigenvalue weighted by Gasteiger charge is -2.13. The molecular formula is C12H10N2O2. The number of fused-ring (bicyclic) bond motifs is 1. The minimum Gasteiger partial charge on any atom is -0.331 e. The maximum atomic E-state index is 12.0. The van der Waals surface area contributed by atoms with E-state index in [1.165, 1.54) is 6.08 Å². The van der Waals surface area contributed by atoms with E-state index in [0.29, 0.717) is 18.3 Å². The monoisotopic (exact) mass is 214 g/mol. The van der Waals surface area contributed by atoms with E-state index in [2.05, 4.69) is 4.99 Å². The van der Waals surface area contributed by atoms with Gasteiger partial charge in [0.15, 0.2) is 0 Å². The molecule has 80 valence electrons. The average molecular weight is 214 g/mol. The number of isocyanates is 1. The summed E-state index contributed by atoms with van der Waals surface area (Å²) in [6, 6.07) is 5.65. The van der Waals surface area contributed by atoms with Crippen LogP contribution in [0.3, 0.4) is 0 Å². The van der Waals surface area contributed by atoms with Crippen LogP contribution in [0, 0.1) is 0 Å². The second-order valence-corrected chi connectivity index (χ2v) is 4.21. The van der Waals surface area contributed by atoms with Gasteiger partial charge in [-0.2, -0.15) is 4.99 Å². The molecule has 3 rings (SSSR count). The smallest absolute Gasteiger partial charge is 0.254 e. The van der Waals surface area contributed by atoms with Gasteiger partial charge in [-0.05, 0) is 36.6 Å². The first-order valence-corrected chi connectivity index (χ1v) is 5.31. The lowest BCUT2D eigenvalue weighted by Crippen LogP contribution is -2.25. The molecule has 4 heteroatoms. The Morgan fingerprint density at radius 1 is 1.38 bits per heavy atom. The van der Waals surface area contributed by atoms with Crippen LogP contribution in [0.15, 0.2) is 23.2 Å². The third kappa shape index (κ3) is 1.35. The van der Waals surface area contributed by atoms with Gasteiger partial charge >= 0.3 is 0 Å². The molecule has 1 aliphatic heterocycles. The number of nitrogens with zero attached hydrogens (tertiary/aromatic N) is 2. The molecule has 0 radical (unpaired) electrons. The van der Waals surface area contributed by atoms with Gasteiger partial charge in [0.1, 0.15) is 0 Å². The van der Waals surface area contributed by atoms with Crippen LogP contribution >= 0.6 is 0 Å². The number of aliphatic imine (C=N–C) groups is 1. The summed E-state index contributed by atoms with van der Waals surface area (Å²) in [6.07, 6.45) is 3.73. The van der Waals surface area contributed by atoms with E-state index in [1.54, 1.807) is 18.2 Å². The summed E-state index contributed by atoms with van der Waals surface area (Å²) in [5, 5.41) is 0. The number of hydrogen-bond donors (Lipinski definition) is 0. The maximum Gasteiger partial charge on any atom is 0.254 e. The molecule has 0 spiro atoms. The molecule has 1 amide bonds. The van der Waals surface area contributed by atoms with Crippen LogP contribution in [-0.4, -0.2) is 22.9 Å². The molecule has 2 aliphatic rings. The highest BCUT2D eigenvalue weighted by molar-refractivity contribution is 5.99. The lowest BCUT2D eigenvalue weighted by atomic mass is 10.1. The fraction of sp³-hybridized carbons (Fsp3) is 0.333. The molecule has 0 saturated heterocycles. The second kappa shape index (κ2) is 3.29. The van der Waals surface area contributed by atoms with Gasteiger partial charge in [0, 0.05) is 18.2 Å². The van der Waals surface area contributed by atoms with Crippen molar-refractivity contribution in [3.05, 3.63) is 29.3 Å². The number of benzene rings is 1. The fourth-order valence-electron chi connectivity index (χ4n) is 2.13. The highest BCUT2D eigenvalue weighted by Crippen LogP contribution is 2.35. The van der Waals surface area contributed by atoms with Gasteiger partial charge in [0.2, 0.25) is 6.08 Å². The Kier molecular flexibility index (Phi) is 1.91. The molecule has 1 fully saturated rings. The van der Waals surface area contributed by atoms with Crippen molar-refractivity contribution in [1.82, 2.24) is 4.90 Å². The van der Waals surface area contributed by atoms with Gasteiger partial charge in [-0.1, -0.05) is 0 Å². The summed E-state index contributed by atoms with van der Waals surface area (Å²) in [5.74, 6) is 0.110. The van der Waals surface area contributed by atoms with E-state index in [0.717, 1.165) is 24.0 Å². The summed E-state index contributed by atoms with van der Waals surface area (Å²) in [4.78, 5) is 27.6. The summed E-state index contributed by atoms with van der Waals surface area (Å²) in [5.41, 5.74) is 2.28. The number of amides is 1. The largest absolute Gasteiger partial charge is 0.331 e. The Hall–Kier alpha value is -1.93. The van der Waals surface area contributed by atoms with E-state index >= 15 is 0 Å². The van der Waals surface area contributed by atoms with Crippen LogP contribution < -0.4 is 0 Å². The minimum absolute atomic E-state index is 0.110. The van der Waals surface area contributed by atoms with Gasteiger partial charge in [-0.15, -0.1) is 0 Å². The molecular weight excluding hydrogens is 204 g/mol. The van der Waals surface area contributed by atoms with Gasteiger partial charge in [0.25, 0.3) is 5.91 Å². The Bertz CT molecular complexity index is 514. The normalized spacial score (nSPS) is 18.2. The van der Waals surface area contributed by atoms with Crippen LogP contribution in [0.5, 0.6) is 0 Å². The first-order valence-electron chi connectivity index (χ1n) is 5.31.